The van der Waals surface area contributed by atoms with Crippen LogP contribution < -0.4 is 0 Å². The minimum absolute atomic E-state index is 0.146. The van der Waals surface area contributed by atoms with E-state index in [1.807, 2.05) is 0 Å². The summed E-state index contributed by atoms with van der Waals surface area (Å²) in [6.07, 6.45) is 1.69. The number of hydrogen-bond donors (Lipinski definition) is 0. The third kappa shape index (κ3) is 2.62. The van der Waals surface area contributed by atoms with Crippen LogP contribution in [0, 0.1) is 0 Å². The van der Waals surface area contributed by atoms with Crippen LogP contribution in [0.4, 0.5) is 0 Å². The van der Waals surface area contributed by atoms with Crippen molar-refractivity contribution < 1.29 is 0 Å². The van der Waals surface area contributed by atoms with Crippen LogP contribution in [0.3, 0.4) is 0 Å². The second-order valence-corrected chi connectivity index (χ2v) is 8.99. The Bertz CT molecular complexity index is 1290. The number of hydrogen-bond acceptors (Lipinski definition) is 3. The molecule has 27 heavy (non-hydrogen) atoms. The molecular weight excluding hydrogens is 348 g/mol. The Labute approximate surface area is 162 Å². The van der Waals surface area contributed by atoms with Crippen LogP contribution in [0.2, 0.25) is 0 Å². The van der Waals surface area contributed by atoms with Crippen molar-refractivity contribution in [3.63, 3.8) is 0 Å². The molecule has 0 aliphatic rings. The fourth-order valence-electron chi connectivity index (χ4n) is 3.68. The van der Waals surface area contributed by atoms with Crippen molar-refractivity contribution in [1.82, 2.24) is 9.97 Å². The highest BCUT2D eigenvalue weighted by Gasteiger charge is 2.17. The van der Waals surface area contributed by atoms with Gasteiger partial charge in [0.2, 0.25) is 0 Å². The first-order chi connectivity index (χ1) is 13.0. The molecule has 0 atom stereocenters. The van der Waals surface area contributed by atoms with Crippen LogP contribution in [0.1, 0.15) is 26.3 Å². The molecule has 0 aliphatic carbocycles. The lowest BCUT2D eigenvalue weighted by atomic mass is 9.86. The van der Waals surface area contributed by atoms with E-state index in [0.29, 0.717) is 0 Å². The molecule has 3 heteroatoms. The van der Waals surface area contributed by atoms with Gasteiger partial charge >= 0.3 is 0 Å². The summed E-state index contributed by atoms with van der Waals surface area (Å²) in [4.78, 5) is 10.3. The third-order valence-electron chi connectivity index (χ3n) is 5.18. The van der Waals surface area contributed by atoms with Crippen molar-refractivity contribution >= 4 is 42.4 Å². The van der Waals surface area contributed by atoms with E-state index in [9.17, 15) is 0 Å². The van der Waals surface area contributed by atoms with E-state index < -0.39 is 0 Å². The summed E-state index contributed by atoms with van der Waals surface area (Å²) in [5.74, 6) is 0. The molecule has 2 heterocycles. The summed E-state index contributed by atoms with van der Waals surface area (Å²) in [6, 6.07) is 21.8. The maximum absolute atomic E-state index is 4.67. The predicted molar refractivity (Wildman–Crippen MR) is 117 cm³/mol. The Morgan fingerprint density at radius 3 is 2.33 bits per heavy atom. The molecule has 3 aromatic carbocycles. The van der Waals surface area contributed by atoms with E-state index in [4.69, 9.17) is 0 Å². The maximum Gasteiger partial charge on any atom is 0.128 e. The SMILES string of the molecule is CC(C)(C)c1ccc(-c2ncnc3sc4c5ccccc5ccc4c23)cc1. The van der Waals surface area contributed by atoms with Gasteiger partial charge in [-0.1, -0.05) is 81.4 Å². The molecule has 0 fully saturated rings. The van der Waals surface area contributed by atoms with Crippen LogP contribution in [0.15, 0.2) is 67.0 Å². The first-order valence-corrected chi connectivity index (χ1v) is 10.00. The molecule has 0 spiro atoms. The molecule has 0 N–H and O–H groups in total. The van der Waals surface area contributed by atoms with Crippen molar-refractivity contribution in [2.24, 2.45) is 0 Å². The highest BCUT2D eigenvalue weighted by atomic mass is 32.1. The number of thiophene rings is 1. The minimum Gasteiger partial charge on any atom is -0.236 e. The lowest BCUT2D eigenvalue weighted by Crippen LogP contribution is -2.10. The number of nitrogens with zero attached hydrogens (tertiary/aromatic N) is 2. The predicted octanol–water partition coefficient (Wildman–Crippen LogP) is 6.96. The lowest BCUT2D eigenvalue weighted by Gasteiger charge is -2.19. The summed E-state index contributed by atoms with van der Waals surface area (Å²) in [7, 11) is 0. The van der Waals surface area contributed by atoms with E-state index in [0.717, 1.165) is 21.5 Å². The van der Waals surface area contributed by atoms with Gasteiger partial charge in [-0.05, 0) is 21.8 Å². The molecule has 5 aromatic rings. The zero-order valence-electron chi connectivity index (χ0n) is 15.7. The molecule has 0 radical (unpaired) electrons. The van der Waals surface area contributed by atoms with Gasteiger partial charge in [0.15, 0.2) is 0 Å². The lowest BCUT2D eigenvalue weighted by molar-refractivity contribution is 0.590. The highest BCUT2D eigenvalue weighted by Crippen LogP contribution is 2.41. The first-order valence-electron chi connectivity index (χ1n) is 9.18. The number of benzene rings is 3. The smallest absolute Gasteiger partial charge is 0.128 e. The van der Waals surface area contributed by atoms with Crippen LogP contribution in [-0.2, 0) is 5.41 Å². The second-order valence-electron chi connectivity index (χ2n) is 8.00. The van der Waals surface area contributed by atoms with Crippen molar-refractivity contribution in [1.29, 1.82) is 0 Å². The fourth-order valence-corrected chi connectivity index (χ4v) is 4.86. The molecule has 2 nitrogen and oxygen atoms in total. The molecule has 132 valence electrons. The zero-order chi connectivity index (χ0) is 18.6. The monoisotopic (exact) mass is 368 g/mol. The van der Waals surface area contributed by atoms with Gasteiger partial charge in [-0.2, -0.15) is 0 Å². The largest absolute Gasteiger partial charge is 0.236 e. The summed E-state index contributed by atoms with van der Waals surface area (Å²) in [6.45, 7) is 6.72. The molecule has 5 rings (SSSR count). The fraction of sp³-hybridized carbons (Fsp3) is 0.167. The van der Waals surface area contributed by atoms with Gasteiger partial charge in [-0.15, -0.1) is 11.3 Å². The van der Waals surface area contributed by atoms with E-state index in [-0.39, 0.29) is 5.41 Å². The van der Waals surface area contributed by atoms with Gasteiger partial charge in [0.1, 0.15) is 11.2 Å². The van der Waals surface area contributed by atoms with Crippen molar-refractivity contribution in [2.75, 3.05) is 0 Å². The van der Waals surface area contributed by atoms with E-state index in [2.05, 4.69) is 91.4 Å². The molecule has 0 unspecified atom stereocenters. The molecule has 0 bridgehead atoms. The average molecular weight is 369 g/mol. The Morgan fingerprint density at radius 2 is 1.56 bits per heavy atom. The van der Waals surface area contributed by atoms with E-state index in [1.165, 1.54) is 26.4 Å². The number of aromatic nitrogens is 2. The van der Waals surface area contributed by atoms with Crippen LogP contribution >= 0.6 is 11.3 Å². The third-order valence-corrected chi connectivity index (χ3v) is 6.33. The Balaban J connectivity index is 1.79. The topological polar surface area (TPSA) is 25.8 Å². The van der Waals surface area contributed by atoms with Gasteiger partial charge in [0.25, 0.3) is 0 Å². The van der Waals surface area contributed by atoms with Crippen LogP contribution in [-0.4, -0.2) is 9.97 Å². The van der Waals surface area contributed by atoms with Crippen LogP contribution in [0.5, 0.6) is 0 Å². The van der Waals surface area contributed by atoms with Gasteiger partial charge in [0.05, 0.1) is 5.69 Å². The molecule has 2 aromatic heterocycles. The summed E-state index contributed by atoms with van der Waals surface area (Å²) >= 11 is 1.76. The number of rotatable bonds is 1. The standard InChI is InChI=1S/C24H20N2S/c1-24(2,3)17-11-8-16(9-12-17)21-20-19-13-10-15-6-4-5-7-18(15)22(19)27-23(20)26-14-25-21/h4-14H,1-3H3. The maximum atomic E-state index is 4.67. The van der Waals surface area contributed by atoms with Gasteiger partial charge in [-0.3, -0.25) is 0 Å². The summed E-state index contributed by atoms with van der Waals surface area (Å²) < 4.78 is 1.29. The minimum atomic E-state index is 0.146. The molecule has 0 aliphatic heterocycles. The van der Waals surface area contributed by atoms with E-state index >= 15 is 0 Å². The first kappa shape index (κ1) is 16.4. The molecule has 0 saturated carbocycles. The van der Waals surface area contributed by atoms with Crippen LogP contribution in [0.25, 0.3) is 42.3 Å². The highest BCUT2D eigenvalue weighted by molar-refractivity contribution is 7.26. The van der Waals surface area contributed by atoms with Crippen molar-refractivity contribution in [2.45, 2.75) is 26.2 Å². The normalized spacial score (nSPS) is 12.3. The van der Waals surface area contributed by atoms with Gasteiger partial charge in [-0.25, -0.2) is 9.97 Å². The van der Waals surface area contributed by atoms with Crippen molar-refractivity contribution in [3.8, 4) is 11.3 Å². The molecule has 0 amide bonds. The zero-order valence-corrected chi connectivity index (χ0v) is 16.5. The Kier molecular flexibility index (Phi) is 3.56. The average Bonchev–Trinajstić information content (AvgIpc) is 3.07. The van der Waals surface area contributed by atoms with Gasteiger partial charge < -0.3 is 0 Å². The van der Waals surface area contributed by atoms with Gasteiger partial charge in [0, 0.05) is 21.0 Å². The number of fused-ring (bicyclic) bond motifs is 5. The van der Waals surface area contributed by atoms with E-state index in [1.54, 1.807) is 17.7 Å². The Morgan fingerprint density at radius 1 is 0.778 bits per heavy atom. The quantitative estimate of drug-likeness (QED) is 0.319. The molecular formula is C24H20N2S. The molecule has 0 saturated heterocycles. The summed E-state index contributed by atoms with van der Waals surface area (Å²) in [5, 5.41) is 4.95. The van der Waals surface area contributed by atoms with Crippen molar-refractivity contribution in [3.05, 3.63) is 72.6 Å². The summed E-state index contributed by atoms with van der Waals surface area (Å²) in [5.41, 5.74) is 3.64. The second kappa shape index (κ2) is 5.86. The Hall–Kier alpha value is -2.78.